The Hall–Kier alpha value is -2.37. The zero-order valence-electron chi connectivity index (χ0n) is 19.5. The number of hydrogen-bond donors (Lipinski definition) is 0. The van der Waals surface area contributed by atoms with E-state index in [-0.39, 0.29) is 27.7 Å². The maximum atomic E-state index is 13.1. The molecule has 0 aromatic carbocycles. The van der Waals surface area contributed by atoms with E-state index in [1.54, 1.807) is 6.92 Å². The van der Waals surface area contributed by atoms with Crippen molar-refractivity contribution < 1.29 is 18.0 Å². The average Bonchev–Trinajstić information content (AvgIpc) is 3.55. The van der Waals surface area contributed by atoms with Crippen LogP contribution in [-0.4, -0.2) is 54.4 Å². The molecule has 0 unspecified atom stereocenters. The van der Waals surface area contributed by atoms with Crippen LogP contribution in [0.5, 0.6) is 0 Å². The maximum Gasteiger partial charge on any atom is 0.406 e. The Bertz CT molecular complexity index is 1200. The molecule has 1 saturated carbocycles. The lowest BCUT2D eigenvalue weighted by atomic mass is 9.96. The molecule has 1 aliphatic carbocycles. The summed E-state index contributed by atoms with van der Waals surface area (Å²) in [7, 11) is 2.80. The fourth-order valence-corrected chi connectivity index (χ4v) is 4.47. The van der Waals surface area contributed by atoms with Gasteiger partial charge in [-0.2, -0.15) is 13.2 Å². The van der Waals surface area contributed by atoms with Gasteiger partial charge in [0.2, 0.25) is 5.91 Å². The Balaban J connectivity index is 2.03. The first-order valence-electron chi connectivity index (χ1n) is 10.6. The molecule has 0 radical (unpaired) electrons. The van der Waals surface area contributed by atoms with E-state index in [0.29, 0.717) is 5.82 Å². The van der Waals surface area contributed by atoms with Gasteiger partial charge in [0.15, 0.2) is 5.65 Å². The van der Waals surface area contributed by atoms with Gasteiger partial charge in [0.1, 0.15) is 22.8 Å². The number of halogens is 3. The van der Waals surface area contributed by atoms with Crippen molar-refractivity contribution in [2.24, 2.45) is 20.0 Å². The summed E-state index contributed by atoms with van der Waals surface area (Å²) in [5.41, 5.74) is -1.60. The van der Waals surface area contributed by atoms with Crippen molar-refractivity contribution in [3.05, 3.63) is 26.7 Å². The monoisotopic (exact) mass is 487 g/mol. The summed E-state index contributed by atoms with van der Waals surface area (Å²) >= 11 is 0.891. The number of carbonyl (C=O) groups excluding carboxylic acids is 1. The minimum absolute atomic E-state index is 0.0583. The number of carbonyl (C=O) groups is 1. The predicted octanol–water partition coefficient (Wildman–Crippen LogP) is 2.61. The van der Waals surface area contributed by atoms with Crippen molar-refractivity contribution in [1.29, 1.82) is 0 Å². The van der Waals surface area contributed by atoms with E-state index in [1.807, 2.05) is 20.8 Å². The van der Waals surface area contributed by atoms with Crippen LogP contribution in [0.1, 0.15) is 46.4 Å². The van der Waals surface area contributed by atoms with E-state index in [2.05, 4.69) is 9.97 Å². The molecule has 1 aliphatic rings. The smallest absolute Gasteiger partial charge is 0.330 e. The number of hydrogen-bond acceptors (Lipinski definition) is 6. The first-order chi connectivity index (χ1) is 15.1. The summed E-state index contributed by atoms with van der Waals surface area (Å²) < 4.78 is 41.6. The average molecular weight is 488 g/mol. The molecule has 1 amide bonds. The number of aromatic nitrogens is 4. The quantitative estimate of drug-likeness (QED) is 0.460. The summed E-state index contributed by atoms with van der Waals surface area (Å²) in [6, 6.07) is -0.527. The van der Waals surface area contributed by atoms with Crippen molar-refractivity contribution in [3.63, 3.8) is 0 Å². The van der Waals surface area contributed by atoms with Gasteiger partial charge in [0, 0.05) is 25.6 Å². The third kappa shape index (κ3) is 5.42. The van der Waals surface area contributed by atoms with Gasteiger partial charge in [-0.15, -0.1) is 0 Å². The van der Waals surface area contributed by atoms with Gasteiger partial charge in [-0.05, 0) is 25.7 Å². The van der Waals surface area contributed by atoms with Crippen molar-refractivity contribution in [2.45, 2.75) is 63.2 Å². The van der Waals surface area contributed by atoms with Crippen LogP contribution < -0.4 is 11.2 Å². The predicted molar refractivity (Wildman–Crippen MR) is 119 cm³/mol. The number of aryl methyl sites for hydroxylation is 1. The number of rotatable bonds is 6. The first-order valence-corrected chi connectivity index (χ1v) is 11.6. The van der Waals surface area contributed by atoms with Crippen LogP contribution in [0.2, 0.25) is 0 Å². The highest BCUT2D eigenvalue weighted by molar-refractivity contribution is 8.00. The van der Waals surface area contributed by atoms with Gasteiger partial charge in [-0.1, -0.05) is 32.5 Å². The second kappa shape index (κ2) is 8.77. The van der Waals surface area contributed by atoms with Gasteiger partial charge in [0.05, 0.1) is 5.75 Å². The topological polar surface area (TPSA) is 90.1 Å². The Labute approximate surface area is 193 Å². The molecule has 0 aliphatic heterocycles. The highest BCUT2D eigenvalue weighted by atomic mass is 32.2. The van der Waals surface area contributed by atoms with E-state index in [1.165, 1.54) is 18.7 Å². The van der Waals surface area contributed by atoms with Crippen molar-refractivity contribution >= 4 is 28.7 Å². The SMILES string of the molecule is C[C@@H](C1CC1)N(CC(F)(F)F)C(=O)CSc1nc(C(C)(C)C)nc2c1c(=O)n(C)c(=O)n2C. The maximum absolute atomic E-state index is 13.1. The Morgan fingerprint density at radius 1 is 1.15 bits per heavy atom. The first kappa shape index (κ1) is 25.3. The van der Waals surface area contributed by atoms with Gasteiger partial charge in [-0.25, -0.2) is 14.8 Å². The largest absolute Gasteiger partial charge is 0.406 e. The van der Waals surface area contributed by atoms with E-state index in [4.69, 9.17) is 0 Å². The fraction of sp³-hybridized carbons (Fsp3) is 0.667. The summed E-state index contributed by atoms with van der Waals surface area (Å²) in [5, 5.41) is 0.225. The molecule has 0 saturated heterocycles. The molecule has 1 fully saturated rings. The third-order valence-corrected chi connectivity index (χ3v) is 6.70. The molecular weight excluding hydrogens is 459 g/mol. The molecule has 0 bridgehead atoms. The molecule has 0 N–H and O–H groups in total. The molecule has 33 heavy (non-hydrogen) atoms. The van der Waals surface area contributed by atoms with E-state index in [9.17, 15) is 27.6 Å². The molecule has 3 rings (SSSR count). The lowest BCUT2D eigenvalue weighted by Crippen LogP contribution is -2.46. The van der Waals surface area contributed by atoms with Gasteiger partial charge in [-0.3, -0.25) is 18.7 Å². The molecule has 8 nitrogen and oxygen atoms in total. The molecule has 2 aromatic heterocycles. The van der Waals surface area contributed by atoms with Crippen molar-refractivity contribution in [3.8, 4) is 0 Å². The Kier molecular flexibility index (Phi) is 6.71. The molecule has 1 atom stereocenters. The molecule has 0 spiro atoms. The number of fused-ring (bicyclic) bond motifs is 1. The van der Waals surface area contributed by atoms with Crippen LogP contribution in [0.3, 0.4) is 0 Å². The number of amides is 1. The lowest BCUT2D eigenvalue weighted by molar-refractivity contribution is -0.164. The molecule has 2 heterocycles. The zero-order valence-corrected chi connectivity index (χ0v) is 20.3. The van der Waals surface area contributed by atoms with Crippen LogP contribution in [0.4, 0.5) is 13.2 Å². The van der Waals surface area contributed by atoms with Crippen LogP contribution >= 0.6 is 11.8 Å². The molecule has 2 aromatic rings. The van der Waals surface area contributed by atoms with E-state index < -0.39 is 41.3 Å². The lowest BCUT2D eigenvalue weighted by Gasteiger charge is -2.30. The fourth-order valence-electron chi connectivity index (χ4n) is 3.57. The zero-order chi connectivity index (χ0) is 24.9. The van der Waals surface area contributed by atoms with E-state index >= 15 is 0 Å². The van der Waals surface area contributed by atoms with Crippen LogP contribution in [0.25, 0.3) is 11.0 Å². The standard InChI is InChI=1S/C21H28F3N5O3S/c1-11(12-7-8-12)29(10-21(22,23)24)13(30)9-33-16-14-15(25-18(26-16)20(2,3)4)27(5)19(32)28(6)17(14)31/h11-12H,7-10H2,1-6H3/t11-/m0/s1. The summed E-state index contributed by atoms with van der Waals surface area (Å²) in [5.74, 6) is -0.584. The highest BCUT2D eigenvalue weighted by Crippen LogP contribution is 2.37. The summed E-state index contributed by atoms with van der Waals surface area (Å²) in [6.45, 7) is 5.88. The second-order valence-corrected chi connectivity index (χ2v) is 10.5. The Morgan fingerprint density at radius 3 is 2.27 bits per heavy atom. The van der Waals surface area contributed by atoms with Crippen LogP contribution in [0.15, 0.2) is 14.6 Å². The minimum atomic E-state index is -4.52. The Morgan fingerprint density at radius 2 is 1.76 bits per heavy atom. The van der Waals surface area contributed by atoms with Gasteiger partial charge < -0.3 is 4.90 Å². The number of alkyl halides is 3. The normalized spacial score (nSPS) is 15.7. The second-order valence-electron chi connectivity index (χ2n) is 9.51. The van der Waals surface area contributed by atoms with Crippen LogP contribution in [0, 0.1) is 5.92 Å². The van der Waals surface area contributed by atoms with Gasteiger partial charge in [0.25, 0.3) is 5.56 Å². The molecular formula is C21H28F3N5O3S. The van der Waals surface area contributed by atoms with Gasteiger partial charge >= 0.3 is 11.9 Å². The molecule has 12 heteroatoms. The van der Waals surface area contributed by atoms with Crippen LogP contribution in [-0.2, 0) is 24.3 Å². The third-order valence-electron chi connectivity index (χ3n) is 5.74. The van der Waals surface area contributed by atoms with E-state index in [0.717, 1.165) is 34.1 Å². The number of nitrogens with zero attached hydrogens (tertiary/aromatic N) is 5. The summed E-state index contributed by atoms with van der Waals surface area (Å²) in [6.07, 6.45) is -2.92. The van der Waals surface area contributed by atoms with Crippen molar-refractivity contribution in [1.82, 2.24) is 24.0 Å². The highest BCUT2D eigenvalue weighted by Gasteiger charge is 2.40. The minimum Gasteiger partial charge on any atom is -0.330 e. The summed E-state index contributed by atoms with van der Waals surface area (Å²) in [4.78, 5) is 47.9. The van der Waals surface area contributed by atoms with Crippen molar-refractivity contribution in [2.75, 3.05) is 12.3 Å². The number of thioether (sulfide) groups is 1. The molecule has 182 valence electrons.